The molecule has 0 unspecified atom stereocenters. The third-order valence-corrected chi connectivity index (χ3v) is 10.7. The first-order chi connectivity index (χ1) is 23.4. The summed E-state index contributed by atoms with van der Waals surface area (Å²) in [5.74, 6) is -2.08. The first-order valence-electron chi connectivity index (χ1n) is 18.8. The number of unbranched alkanes of at least 4 members (excludes halogenated alkanes) is 6. The molecule has 0 aromatic carbocycles. The number of Topliss-reactive ketones (excluding diaryl/α,β-unsaturated/α-hetero) is 1. The highest BCUT2D eigenvalue weighted by atomic mass is 32.1. The molecular formula is C37H64N4O7S. The summed E-state index contributed by atoms with van der Waals surface area (Å²) in [6.07, 6.45) is 10.2. The van der Waals surface area contributed by atoms with E-state index >= 15 is 0 Å². The maximum Gasteiger partial charge on any atom is 0.407 e. The number of nitrogens with zero attached hydrogens (tertiary/aromatic N) is 3. The summed E-state index contributed by atoms with van der Waals surface area (Å²) >= 11 is 1.11. The van der Waals surface area contributed by atoms with Crippen LogP contribution in [-0.2, 0) is 19.2 Å². The Morgan fingerprint density at radius 3 is 2.33 bits per heavy atom. The molecule has 1 aromatic heterocycles. The number of alkyl carbamates (subject to hydrolysis) is 1. The normalized spacial score (nSPS) is 17.7. The number of aromatic carboxylic acids is 1. The largest absolute Gasteiger partial charge is 0.476 e. The van der Waals surface area contributed by atoms with Crippen LogP contribution < -0.4 is 5.32 Å². The van der Waals surface area contributed by atoms with Crippen LogP contribution in [0.4, 0.5) is 4.79 Å². The van der Waals surface area contributed by atoms with Crippen LogP contribution in [0, 0.1) is 17.8 Å². The first-order valence-corrected chi connectivity index (χ1v) is 19.6. The number of hydroxylamine groups is 2. The molecule has 2 N–H and O–H groups in total. The van der Waals surface area contributed by atoms with Gasteiger partial charge in [-0.1, -0.05) is 92.9 Å². The number of carbonyl (C=O) groups excluding carboxylic acids is 3. The van der Waals surface area contributed by atoms with Crippen LogP contribution in [0.25, 0.3) is 0 Å². The van der Waals surface area contributed by atoms with Crippen molar-refractivity contribution in [2.24, 2.45) is 17.8 Å². The monoisotopic (exact) mass is 708 g/mol. The van der Waals surface area contributed by atoms with Gasteiger partial charge in [-0.2, -0.15) is 0 Å². The van der Waals surface area contributed by atoms with Crippen molar-refractivity contribution in [1.29, 1.82) is 0 Å². The second kappa shape index (κ2) is 23.0. The minimum atomic E-state index is -1.17. The molecule has 1 aliphatic heterocycles. The van der Waals surface area contributed by atoms with Gasteiger partial charge in [0.05, 0.1) is 18.7 Å². The average molecular weight is 709 g/mol. The Bertz CT molecular complexity index is 1150. The van der Waals surface area contributed by atoms with Gasteiger partial charge in [0.1, 0.15) is 5.01 Å². The average Bonchev–Trinajstić information content (AvgIpc) is 3.58. The molecule has 0 saturated carbocycles. The number of likely N-dealkylation sites (tertiary alicyclic amines) is 1. The van der Waals surface area contributed by atoms with Crippen molar-refractivity contribution < 1.29 is 33.9 Å². The zero-order valence-corrected chi connectivity index (χ0v) is 32.0. The fourth-order valence-corrected chi connectivity index (χ4v) is 7.17. The summed E-state index contributed by atoms with van der Waals surface area (Å²) in [6, 6.07) is -0.735. The van der Waals surface area contributed by atoms with E-state index in [1.807, 2.05) is 34.7 Å². The van der Waals surface area contributed by atoms with Gasteiger partial charge in [0.25, 0.3) is 0 Å². The van der Waals surface area contributed by atoms with Crippen LogP contribution in [0.1, 0.15) is 153 Å². The van der Waals surface area contributed by atoms with E-state index in [0.717, 1.165) is 94.9 Å². The molecule has 0 radical (unpaired) electrons. The highest BCUT2D eigenvalue weighted by Crippen LogP contribution is 2.34. The molecule has 2 amide bonds. The number of carboxylic acid groups (broad SMARTS) is 1. The molecule has 5 atom stereocenters. The molecule has 12 heteroatoms. The molecule has 2 heterocycles. The minimum Gasteiger partial charge on any atom is -0.476 e. The molecular weight excluding hydrogens is 644 g/mol. The van der Waals surface area contributed by atoms with E-state index in [1.54, 1.807) is 0 Å². The van der Waals surface area contributed by atoms with Crippen molar-refractivity contribution in [2.75, 3.05) is 26.7 Å². The second-order valence-corrected chi connectivity index (χ2v) is 14.9. The van der Waals surface area contributed by atoms with Gasteiger partial charge in [0.15, 0.2) is 17.6 Å². The molecule has 1 saturated heterocycles. The van der Waals surface area contributed by atoms with Crippen LogP contribution in [0.5, 0.6) is 0 Å². The lowest BCUT2D eigenvalue weighted by Crippen LogP contribution is -2.50. The Labute approximate surface area is 298 Å². The van der Waals surface area contributed by atoms with Crippen molar-refractivity contribution >= 4 is 35.1 Å². The van der Waals surface area contributed by atoms with Crippen LogP contribution in [0.2, 0.25) is 0 Å². The number of likely N-dealkylation sites (N-methyl/N-ethyl adjacent to an activating group) is 1. The maximum absolute atomic E-state index is 14.7. The fourth-order valence-electron chi connectivity index (χ4n) is 6.33. The van der Waals surface area contributed by atoms with Gasteiger partial charge in [-0.05, 0) is 51.1 Å². The SMILES string of the molecule is CCCCCCNC(=O)O[C@H](C[C@H](C(C)C)N(OCCCCCC)C(=O)[C@@H](CC(=O)[C@H]1CCCCN1C)[C@@H](C)CC)c1nc(C(=O)O)cs1. The summed E-state index contributed by atoms with van der Waals surface area (Å²) in [7, 11) is 1.98. The lowest BCUT2D eigenvalue weighted by atomic mass is 9.83. The third-order valence-electron chi connectivity index (χ3n) is 9.75. The molecule has 11 nitrogen and oxygen atoms in total. The summed E-state index contributed by atoms with van der Waals surface area (Å²) < 4.78 is 5.94. The van der Waals surface area contributed by atoms with Gasteiger partial charge in [0, 0.05) is 30.7 Å². The van der Waals surface area contributed by atoms with E-state index < -0.39 is 30.1 Å². The summed E-state index contributed by atoms with van der Waals surface area (Å²) in [4.78, 5) is 65.9. The number of ketones is 1. The number of thiazole rings is 1. The van der Waals surface area contributed by atoms with Crippen LogP contribution in [0.15, 0.2) is 5.38 Å². The van der Waals surface area contributed by atoms with Gasteiger partial charge >= 0.3 is 12.1 Å². The molecule has 49 heavy (non-hydrogen) atoms. The smallest absolute Gasteiger partial charge is 0.407 e. The molecule has 1 aromatic rings. The number of amides is 2. The van der Waals surface area contributed by atoms with Crippen molar-refractivity contribution in [3.05, 3.63) is 16.1 Å². The summed E-state index contributed by atoms with van der Waals surface area (Å²) in [5, 5.41) is 15.6. The molecule has 1 aliphatic rings. The summed E-state index contributed by atoms with van der Waals surface area (Å²) in [5.41, 5.74) is -0.127. The Balaban J connectivity index is 2.43. The van der Waals surface area contributed by atoms with E-state index in [0.29, 0.717) is 18.2 Å². The zero-order chi connectivity index (χ0) is 36.3. The van der Waals surface area contributed by atoms with Gasteiger partial charge in [-0.15, -0.1) is 11.3 Å². The molecule has 0 aliphatic carbocycles. The molecule has 0 spiro atoms. The number of hydrogen-bond acceptors (Lipinski definition) is 9. The first kappa shape index (κ1) is 42.6. The number of nitrogens with one attached hydrogen (secondary N) is 1. The summed E-state index contributed by atoms with van der Waals surface area (Å²) in [6.45, 7) is 14.0. The molecule has 2 rings (SSSR count). The number of hydrogen-bond donors (Lipinski definition) is 2. The number of carbonyl (C=O) groups is 4. The van der Waals surface area contributed by atoms with Crippen LogP contribution >= 0.6 is 11.3 Å². The molecule has 1 fully saturated rings. The Hall–Kier alpha value is -2.57. The Kier molecular flexibility index (Phi) is 20.0. The zero-order valence-electron chi connectivity index (χ0n) is 31.2. The van der Waals surface area contributed by atoms with Crippen LogP contribution in [0.3, 0.4) is 0 Å². The second-order valence-electron chi connectivity index (χ2n) is 14.0. The fraction of sp³-hybridized carbons (Fsp3) is 0.811. The van der Waals surface area contributed by atoms with Crippen molar-refractivity contribution in [3.63, 3.8) is 0 Å². The standard InChI is InChI=1S/C37H64N4O7S/c1-8-11-13-16-20-38-37(46)48-33(34-39-29(25-49-34)36(44)45)24-31(26(4)5)41(47-22-18-14-12-9-2)35(43)28(27(6)10-3)23-32(42)30-19-15-17-21-40(30)7/h25-28,30-31,33H,8-24H2,1-7H3,(H,38,46)(H,44,45)/t27-,28-,30+,31+,33+/m0/s1. The predicted octanol–water partition coefficient (Wildman–Crippen LogP) is 8.05. The van der Waals surface area contributed by atoms with E-state index in [4.69, 9.17) is 9.57 Å². The van der Waals surface area contributed by atoms with Crippen molar-refractivity contribution in [1.82, 2.24) is 20.3 Å². The highest BCUT2D eigenvalue weighted by molar-refractivity contribution is 7.09. The Morgan fingerprint density at radius 2 is 1.73 bits per heavy atom. The minimum absolute atomic E-state index is 0.0630. The van der Waals surface area contributed by atoms with E-state index in [2.05, 4.69) is 29.0 Å². The van der Waals surface area contributed by atoms with Crippen LogP contribution in [-0.4, -0.2) is 82.6 Å². The maximum atomic E-state index is 14.7. The molecule has 0 bridgehead atoms. The van der Waals surface area contributed by atoms with E-state index in [-0.39, 0.29) is 48.1 Å². The number of ether oxygens (including phenoxy) is 1. The van der Waals surface area contributed by atoms with Gasteiger partial charge in [-0.3, -0.25) is 19.3 Å². The number of piperidine rings is 1. The Morgan fingerprint density at radius 1 is 1.04 bits per heavy atom. The topological polar surface area (TPSA) is 138 Å². The van der Waals surface area contributed by atoms with Crippen molar-refractivity contribution in [2.45, 2.75) is 150 Å². The quantitative estimate of drug-likeness (QED) is 0.0807. The number of carboxylic acids is 1. The lowest BCUT2D eigenvalue weighted by molar-refractivity contribution is -0.215. The molecule has 280 valence electrons. The number of rotatable bonds is 24. The third kappa shape index (κ3) is 14.3. The highest BCUT2D eigenvalue weighted by Gasteiger charge is 2.40. The van der Waals surface area contributed by atoms with E-state index in [9.17, 15) is 24.3 Å². The predicted molar refractivity (Wildman–Crippen MR) is 193 cm³/mol. The lowest BCUT2D eigenvalue weighted by Gasteiger charge is -2.38. The number of aromatic nitrogens is 1. The van der Waals surface area contributed by atoms with Gasteiger partial charge in [0.2, 0.25) is 5.91 Å². The van der Waals surface area contributed by atoms with Gasteiger partial charge < -0.3 is 15.2 Å². The van der Waals surface area contributed by atoms with Gasteiger partial charge in [-0.25, -0.2) is 19.6 Å². The van der Waals surface area contributed by atoms with Crippen molar-refractivity contribution in [3.8, 4) is 0 Å². The van der Waals surface area contributed by atoms with E-state index in [1.165, 1.54) is 10.4 Å².